The summed E-state index contributed by atoms with van der Waals surface area (Å²) in [6.45, 7) is 17.3. The van der Waals surface area contributed by atoms with Crippen molar-refractivity contribution in [2.24, 2.45) is 4.99 Å². The van der Waals surface area contributed by atoms with Crippen LogP contribution in [0.2, 0.25) is 0 Å². The number of hydrogen-bond acceptors (Lipinski definition) is 1. The number of nitrogens with zero attached hydrogens (tertiary/aromatic N) is 1. The Kier molecular flexibility index (Phi) is 12.2. The third-order valence-corrected chi connectivity index (χ3v) is 7.98. The summed E-state index contributed by atoms with van der Waals surface area (Å²) in [5, 5.41) is 0. The van der Waals surface area contributed by atoms with Gasteiger partial charge in [-0.2, -0.15) is 0 Å². The maximum absolute atomic E-state index is 5.09. The van der Waals surface area contributed by atoms with Crippen LogP contribution < -0.4 is 0 Å². The second kappa shape index (κ2) is 16.7. The monoisotopic (exact) mass is 587 g/mol. The summed E-state index contributed by atoms with van der Waals surface area (Å²) >= 11 is 0. The Bertz CT molecular complexity index is 1750. The fraction of sp³-hybridized carbons (Fsp3) is 0.159. The Hall–Kier alpha value is -5.01. The molecule has 1 aliphatic carbocycles. The molecule has 0 aliphatic heterocycles. The first kappa shape index (κ1) is 32.9. The van der Waals surface area contributed by atoms with E-state index in [4.69, 9.17) is 4.99 Å². The van der Waals surface area contributed by atoms with Gasteiger partial charge in [-0.3, -0.25) is 0 Å². The zero-order valence-corrected chi connectivity index (χ0v) is 27.3. The predicted octanol–water partition coefficient (Wildman–Crippen LogP) is 12.4. The fourth-order valence-electron chi connectivity index (χ4n) is 5.29. The lowest BCUT2D eigenvalue weighted by molar-refractivity contribution is 1.04. The van der Waals surface area contributed by atoms with E-state index in [0.29, 0.717) is 0 Å². The Morgan fingerprint density at radius 2 is 1.51 bits per heavy atom. The van der Waals surface area contributed by atoms with Gasteiger partial charge in [0, 0.05) is 5.57 Å². The molecule has 0 spiro atoms. The highest BCUT2D eigenvalue weighted by Crippen LogP contribution is 2.27. The van der Waals surface area contributed by atoms with E-state index in [1.165, 1.54) is 22.3 Å². The fourth-order valence-corrected chi connectivity index (χ4v) is 5.29. The van der Waals surface area contributed by atoms with Crippen molar-refractivity contribution in [2.45, 2.75) is 47.0 Å². The molecule has 1 aliphatic rings. The van der Waals surface area contributed by atoms with E-state index in [1.54, 1.807) is 0 Å². The Morgan fingerprint density at radius 3 is 2.16 bits per heavy atom. The predicted molar refractivity (Wildman–Crippen MR) is 200 cm³/mol. The van der Waals surface area contributed by atoms with Gasteiger partial charge in [-0.05, 0) is 102 Å². The molecule has 226 valence electrons. The maximum Gasteiger partial charge on any atom is 0.0714 e. The topological polar surface area (TPSA) is 12.4 Å². The molecular weight excluding hydrogens is 542 g/mol. The summed E-state index contributed by atoms with van der Waals surface area (Å²) in [6, 6.07) is 29.4. The average Bonchev–Trinajstić information content (AvgIpc) is 3.09. The van der Waals surface area contributed by atoms with E-state index < -0.39 is 0 Å². The zero-order chi connectivity index (χ0) is 32.0. The van der Waals surface area contributed by atoms with Crippen molar-refractivity contribution >= 4 is 28.1 Å². The summed E-state index contributed by atoms with van der Waals surface area (Å²) in [7, 11) is 0. The maximum atomic E-state index is 5.09. The molecule has 0 fully saturated rings. The second-order valence-corrected chi connectivity index (χ2v) is 11.2. The van der Waals surface area contributed by atoms with Crippen LogP contribution in [0.3, 0.4) is 0 Å². The number of aliphatic imine (C=N–C) groups is 1. The molecule has 0 heterocycles. The van der Waals surface area contributed by atoms with E-state index in [-0.39, 0.29) is 0 Å². The molecule has 0 saturated heterocycles. The van der Waals surface area contributed by atoms with E-state index >= 15 is 0 Å². The summed E-state index contributed by atoms with van der Waals surface area (Å²) in [5.41, 5.74) is 13.0. The number of allylic oxidation sites excluding steroid dienone is 15. The average molecular weight is 588 g/mol. The largest absolute Gasteiger partial charge is 0.248 e. The number of benzene rings is 3. The van der Waals surface area contributed by atoms with Gasteiger partial charge >= 0.3 is 0 Å². The summed E-state index contributed by atoms with van der Waals surface area (Å²) in [4.78, 5) is 5.09. The van der Waals surface area contributed by atoms with Gasteiger partial charge in [-0.25, -0.2) is 4.99 Å². The minimum absolute atomic E-state index is 0.718. The Balaban J connectivity index is 1.69. The molecule has 0 radical (unpaired) electrons. The van der Waals surface area contributed by atoms with E-state index in [0.717, 1.165) is 64.1 Å². The first-order chi connectivity index (χ1) is 21.9. The highest BCUT2D eigenvalue weighted by molar-refractivity contribution is 6.16. The van der Waals surface area contributed by atoms with Crippen molar-refractivity contribution in [3.05, 3.63) is 192 Å². The van der Waals surface area contributed by atoms with Crippen LogP contribution in [-0.2, 0) is 0 Å². The molecular formula is C44H45N. The van der Waals surface area contributed by atoms with Crippen LogP contribution in [0.15, 0.2) is 174 Å². The van der Waals surface area contributed by atoms with Crippen molar-refractivity contribution < 1.29 is 0 Å². The molecule has 0 aromatic heterocycles. The highest BCUT2D eigenvalue weighted by atomic mass is 14.8. The van der Waals surface area contributed by atoms with Gasteiger partial charge < -0.3 is 0 Å². The molecule has 4 rings (SSSR count). The summed E-state index contributed by atoms with van der Waals surface area (Å²) in [5.74, 6) is 0. The van der Waals surface area contributed by atoms with Crippen molar-refractivity contribution in [3.63, 3.8) is 0 Å². The first-order valence-corrected chi connectivity index (χ1v) is 15.9. The van der Waals surface area contributed by atoms with Crippen LogP contribution in [0.5, 0.6) is 0 Å². The molecule has 0 unspecified atom stereocenters. The van der Waals surface area contributed by atoms with Crippen molar-refractivity contribution in [1.29, 1.82) is 0 Å². The molecule has 3 aromatic carbocycles. The zero-order valence-electron chi connectivity index (χ0n) is 27.3. The molecule has 0 N–H and O–H groups in total. The third-order valence-electron chi connectivity index (χ3n) is 7.98. The molecule has 1 heteroatoms. The van der Waals surface area contributed by atoms with Crippen LogP contribution in [0.1, 0.15) is 69.2 Å². The lowest BCUT2D eigenvalue weighted by atomic mass is 9.94. The number of rotatable bonds is 12. The summed E-state index contributed by atoms with van der Waals surface area (Å²) < 4.78 is 0. The molecule has 45 heavy (non-hydrogen) atoms. The molecule has 0 atom stereocenters. The van der Waals surface area contributed by atoms with Crippen molar-refractivity contribution in [3.8, 4) is 0 Å². The second-order valence-electron chi connectivity index (χ2n) is 11.2. The Labute approximate surface area is 271 Å². The summed E-state index contributed by atoms with van der Waals surface area (Å²) in [6.07, 6.45) is 22.8. The lowest BCUT2D eigenvalue weighted by Gasteiger charge is -2.13. The molecule has 1 nitrogen and oxygen atoms in total. The van der Waals surface area contributed by atoms with Gasteiger partial charge in [0.15, 0.2) is 0 Å². The van der Waals surface area contributed by atoms with E-state index in [9.17, 15) is 0 Å². The van der Waals surface area contributed by atoms with Crippen LogP contribution in [0, 0.1) is 0 Å². The van der Waals surface area contributed by atoms with E-state index in [1.807, 2.05) is 43.3 Å². The van der Waals surface area contributed by atoms with Gasteiger partial charge in [0.2, 0.25) is 0 Å². The normalized spacial score (nSPS) is 14.9. The van der Waals surface area contributed by atoms with Crippen LogP contribution >= 0.6 is 0 Å². The highest BCUT2D eigenvalue weighted by Gasteiger charge is 2.11. The first-order valence-electron chi connectivity index (χ1n) is 15.9. The lowest BCUT2D eigenvalue weighted by Crippen LogP contribution is -2.03. The van der Waals surface area contributed by atoms with Crippen LogP contribution in [-0.4, -0.2) is 5.71 Å². The van der Waals surface area contributed by atoms with Gasteiger partial charge in [0.25, 0.3) is 0 Å². The van der Waals surface area contributed by atoms with Crippen molar-refractivity contribution in [1.82, 2.24) is 0 Å². The van der Waals surface area contributed by atoms with Gasteiger partial charge in [-0.15, -0.1) is 0 Å². The standard InChI is InChI=1S/C44H45N/c1-7-20-43(44(31-34(4)38-22-12-9-13-23-38)45-36(6)39-24-14-10-15-25-39)35(5)33(3)21-18-28-37(8-2)41-29-19-30-42(32-41)40-26-16-11-17-27-40/h7,9-10,12-16,18-32H,3,6,8,11,17H2,1-2,4-5H3/b20-7-,21-18-,34-31+,37-28+,43-35-,45-44-. The minimum atomic E-state index is 0.718. The smallest absolute Gasteiger partial charge is 0.0714 e. The van der Waals surface area contributed by atoms with Gasteiger partial charge in [0.1, 0.15) is 0 Å². The molecule has 0 bridgehead atoms. The van der Waals surface area contributed by atoms with Crippen LogP contribution in [0.4, 0.5) is 0 Å². The van der Waals surface area contributed by atoms with Gasteiger partial charge in [-0.1, -0.05) is 148 Å². The molecule has 0 saturated carbocycles. The number of hydrogen-bond donors (Lipinski definition) is 0. The SMILES string of the molecule is C=C(/C=C\C=C(/CC)c1cccc(C2=CCCC=C2)c1)/C(C)=C(/C=C\C)C(\C=C(/C)c1ccccc1)=N/C(=C)c1ccccc1. The molecule has 3 aromatic rings. The van der Waals surface area contributed by atoms with Gasteiger partial charge in [0.05, 0.1) is 11.4 Å². The Morgan fingerprint density at radius 1 is 0.822 bits per heavy atom. The van der Waals surface area contributed by atoms with Crippen molar-refractivity contribution in [2.75, 3.05) is 0 Å². The van der Waals surface area contributed by atoms with E-state index in [2.05, 4.69) is 137 Å². The molecule has 0 amide bonds. The van der Waals surface area contributed by atoms with Crippen LogP contribution in [0.25, 0.3) is 22.4 Å². The minimum Gasteiger partial charge on any atom is -0.248 e. The quantitative estimate of drug-likeness (QED) is 0.148. The third kappa shape index (κ3) is 9.24.